The van der Waals surface area contributed by atoms with E-state index in [4.69, 9.17) is 4.74 Å². The van der Waals surface area contributed by atoms with Crippen molar-refractivity contribution in [2.24, 2.45) is 17.3 Å². The fourth-order valence-electron chi connectivity index (χ4n) is 2.70. The van der Waals surface area contributed by atoms with E-state index in [0.717, 1.165) is 0 Å². The molecule has 1 saturated carbocycles. The third kappa shape index (κ3) is 3.03. The molecule has 23 heavy (non-hydrogen) atoms. The number of benzene rings is 1. The van der Waals surface area contributed by atoms with Gasteiger partial charge in [0.15, 0.2) is 23.3 Å². The molecule has 1 aromatic carbocycles. The number of hydrogen-bond acceptors (Lipinski definition) is 2. The van der Waals surface area contributed by atoms with Gasteiger partial charge in [0, 0.05) is 0 Å². The summed E-state index contributed by atoms with van der Waals surface area (Å²) in [6.07, 6.45) is 3.66. The van der Waals surface area contributed by atoms with E-state index >= 15 is 0 Å². The van der Waals surface area contributed by atoms with Gasteiger partial charge >= 0.3 is 5.97 Å². The summed E-state index contributed by atoms with van der Waals surface area (Å²) < 4.78 is 58.2. The van der Waals surface area contributed by atoms with E-state index in [1.54, 1.807) is 6.08 Å². The summed E-state index contributed by atoms with van der Waals surface area (Å²) in [7, 11) is 0. The second kappa shape index (κ2) is 6.26. The van der Waals surface area contributed by atoms with Crippen molar-refractivity contribution in [3.05, 3.63) is 45.5 Å². The lowest BCUT2D eigenvalue weighted by molar-refractivity contribution is -0.147. The van der Waals surface area contributed by atoms with Crippen LogP contribution in [0.5, 0.6) is 0 Å². The molecule has 2 atom stereocenters. The summed E-state index contributed by atoms with van der Waals surface area (Å²) >= 11 is 2.42. The first-order valence-electron chi connectivity index (χ1n) is 6.94. The van der Waals surface area contributed by atoms with Gasteiger partial charge in [-0.15, -0.1) is 0 Å². The van der Waals surface area contributed by atoms with Gasteiger partial charge in [-0.1, -0.05) is 26.0 Å². The molecule has 0 radical (unpaired) electrons. The van der Waals surface area contributed by atoms with Crippen molar-refractivity contribution in [3.63, 3.8) is 0 Å². The summed E-state index contributed by atoms with van der Waals surface area (Å²) in [5, 5.41) is 0. The van der Waals surface area contributed by atoms with Gasteiger partial charge in [-0.25, -0.2) is 17.6 Å². The van der Waals surface area contributed by atoms with E-state index in [1.165, 1.54) is 0 Å². The van der Waals surface area contributed by atoms with Crippen LogP contribution in [0.3, 0.4) is 0 Å². The highest BCUT2D eigenvalue weighted by molar-refractivity contribution is 9.10. The molecular weight excluding hydrogens is 380 g/mol. The average Bonchev–Trinajstić information content (AvgIpc) is 3.04. The number of esters is 1. The maximum atomic E-state index is 13.7. The lowest BCUT2D eigenvalue weighted by atomic mass is 10.1. The highest BCUT2D eigenvalue weighted by Crippen LogP contribution is 2.59. The van der Waals surface area contributed by atoms with Crippen LogP contribution in [0.25, 0.3) is 0 Å². The van der Waals surface area contributed by atoms with Crippen molar-refractivity contribution in [2.45, 2.75) is 27.4 Å². The zero-order chi connectivity index (χ0) is 17.5. The molecule has 1 aliphatic rings. The predicted octanol–water partition coefficient (Wildman–Crippen LogP) is 4.90. The largest absolute Gasteiger partial charge is 0.460 e. The summed E-state index contributed by atoms with van der Waals surface area (Å²) in [6.45, 7) is 4.68. The van der Waals surface area contributed by atoms with Crippen LogP contribution in [0.15, 0.2) is 16.6 Å². The molecule has 0 bridgehead atoms. The summed E-state index contributed by atoms with van der Waals surface area (Å²) in [5.41, 5.74) is -1.27. The smallest absolute Gasteiger partial charge is 0.310 e. The monoisotopic (exact) mass is 394 g/mol. The normalized spacial score (nSPS) is 22.4. The molecule has 0 heterocycles. The summed E-state index contributed by atoms with van der Waals surface area (Å²) in [4.78, 5) is 12.0. The second-order valence-electron chi connectivity index (χ2n) is 6.01. The molecule has 1 fully saturated rings. The van der Waals surface area contributed by atoms with E-state index in [2.05, 4.69) is 15.9 Å². The Morgan fingerprint density at radius 2 is 1.70 bits per heavy atom. The fourth-order valence-corrected chi connectivity index (χ4v) is 3.05. The molecule has 2 rings (SSSR count). The number of halogens is 5. The number of allylic oxidation sites excluding steroid dienone is 2. The van der Waals surface area contributed by atoms with E-state index in [-0.39, 0.29) is 11.3 Å². The molecule has 0 spiro atoms. The molecule has 1 aliphatic carbocycles. The summed E-state index contributed by atoms with van der Waals surface area (Å²) in [6, 6.07) is 0. The minimum Gasteiger partial charge on any atom is -0.460 e. The summed E-state index contributed by atoms with van der Waals surface area (Å²) in [5.74, 6) is -7.42. The highest BCUT2D eigenvalue weighted by atomic mass is 79.9. The molecule has 7 heteroatoms. The van der Waals surface area contributed by atoms with E-state index in [9.17, 15) is 22.4 Å². The Hall–Kier alpha value is -1.37. The molecular formula is C16H15BrF4O2. The standard InChI is InChI=1S/C16H15BrF4O2/c1-4-5-8-9(16(8,2)3)15(22)23-6-7-11(18)13(20)10(17)14(21)12(7)19/h4-5,8-9H,6H2,1-3H3/t8-,9+/m1/s1. The zero-order valence-corrected chi connectivity index (χ0v) is 14.3. The Balaban J connectivity index is 2.15. The van der Waals surface area contributed by atoms with Gasteiger partial charge in [-0.05, 0) is 34.2 Å². The first-order valence-corrected chi connectivity index (χ1v) is 7.73. The molecule has 126 valence electrons. The van der Waals surface area contributed by atoms with Gasteiger partial charge in [0.25, 0.3) is 0 Å². The van der Waals surface area contributed by atoms with Crippen molar-refractivity contribution >= 4 is 21.9 Å². The van der Waals surface area contributed by atoms with Crippen molar-refractivity contribution < 1.29 is 27.1 Å². The molecule has 0 N–H and O–H groups in total. The number of carbonyl (C=O) groups excluding carboxylic acids is 1. The van der Waals surface area contributed by atoms with Crippen molar-refractivity contribution in [2.75, 3.05) is 0 Å². The SMILES string of the molecule is CC=C[C@@H]1[C@@H](C(=O)OCc2c(F)c(F)c(Br)c(F)c2F)C1(C)C. The van der Waals surface area contributed by atoms with Crippen molar-refractivity contribution in [1.82, 2.24) is 0 Å². The van der Waals surface area contributed by atoms with Crippen LogP contribution in [-0.2, 0) is 16.1 Å². The van der Waals surface area contributed by atoms with E-state index in [1.807, 2.05) is 26.8 Å². The van der Waals surface area contributed by atoms with Crippen LogP contribution in [0.4, 0.5) is 17.6 Å². The first kappa shape index (κ1) is 18.0. The maximum absolute atomic E-state index is 13.7. The van der Waals surface area contributed by atoms with Crippen LogP contribution in [0, 0.1) is 40.5 Å². The van der Waals surface area contributed by atoms with Gasteiger partial charge < -0.3 is 4.74 Å². The zero-order valence-electron chi connectivity index (χ0n) is 12.7. The van der Waals surface area contributed by atoms with Crippen LogP contribution in [-0.4, -0.2) is 5.97 Å². The third-order valence-electron chi connectivity index (χ3n) is 4.22. The Labute approximate surface area is 139 Å². The molecule has 0 saturated heterocycles. The topological polar surface area (TPSA) is 26.3 Å². The molecule has 0 amide bonds. The molecule has 0 aliphatic heterocycles. The molecule has 0 aromatic heterocycles. The highest BCUT2D eigenvalue weighted by Gasteiger charge is 2.61. The van der Waals surface area contributed by atoms with Crippen LogP contribution >= 0.6 is 15.9 Å². The molecule has 1 aromatic rings. The number of rotatable bonds is 4. The Morgan fingerprint density at radius 3 is 2.17 bits per heavy atom. The fraction of sp³-hybridized carbons (Fsp3) is 0.438. The molecule has 2 nitrogen and oxygen atoms in total. The Kier molecular flexibility index (Phi) is 4.89. The van der Waals surface area contributed by atoms with Gasteiger partial charge in [-0.3, -0.25) is 4.79 Å². The lowest BCUT2D eigenvalue weighted by Crippen LogP contribution is -2.13. The van der Waals surface area contributed by atoms with Crippen LogP contribution in [0.2, 0.25) is 0 Å². The van der Waals surface area contributed by atoms with E-state index < -0.39 is 51.8 Å². The Morgan fingerprint density at radius 1 is 1.17 bits per heavy atom. The number of carbonyl (C=O) groups is 1. The van der Waals surface area contributed by atoms with Gasteiger partial charge in [0.05, 0.1) is 16.0 Å². The van der Waals surface area contributed by atoms with Gasteiger partial charge in [0.2, 0.25) is 0 Å². The van der Waals surface area contributed by atoms with Crippen molar-refractivity contribution in [3.8, 4) is 0 Å². The van der Waals surface area contributed by atoms with Crippen molar-refractivity contribution in [1.29, 1.82) is 0 Å². The maximum Gasteiger partial charge on any atom is 0.310 e. The second-order valence-corrected chi connectivity index (χ2v) is 6.80. The quantitative estimate of drug-likeness (QED) is 0.239. The van der Waals surface area contributed by atoms with Gasteiger partial charge in [-0.2, -0.15) is 0 Å². The number of hydrogen-bond donors (Lipinski definition) is 0. The average molecular weight is 395 g/mol. The first-order chi connectivity index (χ1) is 10.6. The minimum atomic E-state index is -1.58. The third-order valence-corrected chi connectivity index (χ3v) is 4.92. The minimum absolute atomic E-state index is 0.0342. The molecule has 0 unspecified atom stereocenters. The van der Waals surface area contributed by atoms with Crippen LogP contribution < -0.4 is 0 Å². The lowest BCUT2D eigenvalue weighted by Gasteiger charge is -2.10. The van der Waals surface area contributed by atoms with E-state index in [0.29, 0.717) is 0 Å². The number of ether oxygens (including phenoxy) is 1. The van der Waals surface area contributed by atoms with Gasteiger partial charge in [0.1, 0.15) is 6.61 Å². The predicted molar refractivity (Wildman–Crippen MR) is 79.3 cm³/mol. The Bertz CT molecular complexity index is 656. The van der Waals surface area contributed by atoms with Crippen LogP contribution in [0.1, 0.15) is 26.3 Å².